The topological polar surface area (TPSA) is 99.3 Å². The number of H-pyrrole nitrogens is 1. The summed E-state index contributed by atoms with van der Waals surface area (Å²) in [5.74, 6) is -0.597. The van der Waals surface area contributed by atoms with Crippen molar-refractivity contribution in [3.8, 4) is 0 Å². The molecule has 0 saturated carbocycles. The largest absolute Gasteiger partial charge is 0.391 e. The van der Waals surface area contributed by atoms with Crippen LogP contribution in [0, 0.1) is 0 Å². The average Bonchev–Trinajstić information content (AvgIpc) is 2.75. The van der Waals surface area contributed by atoms with Crippen LogP contribution >= 0.6 is 0 Å². The first-order valence-electron chi connectivity index (χ1n) is 5.44. The number of aliphatic hydroxyl groups is 1. The molecule has 1 aromatic heterocycles. The predicted octanol–water partition coefficient (Wildman–Crippen LogP) is 0.564. The molecule has 0 aliphatic rings. The Morgan fingerprint density at radius 3 is 2.78 bits per heavy atom. The normalized spacial score (nSPS) is 13.3. The predicted molar refractivity (Wildman–Crippen MR) is 62.3 cm³/mol. The van der Waals surface area contributed by atoms with Gasteiger partial charge in [0.25, 0.3) is 5.91 Å². The van der Waals surface area contributed by atoms with Gasteiger partial charge in [0.1, 0.15) is 10.6 Å². The van der Waals surface area contributed by atoms with Crippen LogP contribution in [0.1, 0.15) is 30.3 Å². The molecule has 0 aromatic carbocycles. The van der Waals surface area contributed by atoms with Crippen LogP contribution in [0.5, 0.6) is 0 Å². The number of amides is 1. The Balaban J connectivity index is 2.60. The van der Waals surface area contributed by atoms with Crippen molar-refractivity contribution in [1.82, 2.24) is 10.3 Å². The van der Waals surface area contributed by atoms with Crippen LogP contribution in [0.25, 0.3) is 0 Å². The van der Waals surface area contributed by atoms with Gasteiger partial charge in [-0.15, -0.1) is 3.89 Å². The number of aromatic nitrogens is 1. The van der Waals surface area contributed by atoms with E-state index in [0.717, 1.165) is 18.7 Å². The number of carbonyl (C=O) groups is 1. The zero-order chi connectivity index (χ0) is 13.8. The molecule has 1 atom stereocenters. The summed E-state index contributed by atoms with van der Waals surface area (Å²) in [6.45, 7) is 1.96. The van der Waals surface area contributed by atoms with Gasteiger partial charge in [-0.05, 0) is 12.5 Å². The lowest BCUT2D eigenvalue weighted by molar-refractivity contribution is 0.0906. The molecule has 3 N–H and O–H groups in total. The van der Waals surface area contributed by atoms with Crippen molar-refractivity contribution in [2.45, 2.75) is 30.8 Å². The highest BCUT2D eigenvalue weighted by molar-refractivity contribution is 7.86. The second-order valence-electron chi connectivity index (χ2n) is 3.84. The molecule has 0 aliphatic carbocycles. The van der Waals surface area contributed by atoms with E-state index < -0.39 is 27.1 Å². The van der Waals surface area contributed by atoms with Crippen LogP contribution in [0.15, 0.2) is 17.2 Å². The third kappa shape index (κ3) is 4.11. The third-order valence-electron chi connectivity index (χ3n) is 2.30. The summed E-state index contributed by atoms with van der Waals surface area (Å²) in [5.41, 5.74) is -0.0741. The van der Waals surface area contributed by atoms with Crippen LogP contribution in [-0.2, 0) is 10.2 Å². The smallest absolute Gasteiger partial charge is 0.333 e. The fraction of sp³-hybridized carbons (Fsp3) is 0.500. The molecule has 1 amide bonds. The number of hydrogen-bond donors (Lipinski definition) is 3. The summed E-state index contributed by atoms with van der Waals surface area (Å²) in [6.07, 6.45) is 1.57. The van der Waals surface area contributed by atoms with E-state index >= 15 is 0 Å². The maximum Gasteiger partial charge on any atom is 0.333 e. The van der Waals surface area contributed by atoms with Crippen molar-refractivity contribution >= 4 is 16.1 Å². The fourth-order valence-corrected chi connectivity index (χ4v) is 1.85. The van der Waals surface area contributed by atoms with Crippen molar-refractivity contribution in [1.29, 1.82) is 0 Å². The van der Waals surface area contributed by atoms with Crippen molar-refractivity contribution in [2.75, 3.05) is 6.54 Å². The lowest BCUT2D eigenvalue weighted by Crippen LogP contribution is -2.32. The Kier molecular flexibility index (Phi) is 4.85. The van der Waals surface area contributed by atoms with Crippen molar-refractivity contribution in [2.24, 2.45) is 0 Å². The summed E-state index contributed by atoms with van der Waals surface area (Å²) in [7, 11) is -4.82. The number of carbonyl (C=O) groups excluding carboxylic acids is 1. The number of hydrogen-bond acceptors (Lipinski definition) is 4. The Morgan fingerprint density at radius 2 is 2.28 bits per heavy atom. The molecule has 0 aliphatic heterocycles. The molecule has 1 unspecified atom stereocenters. The summed E-state index contributed by atoms with van der Waals surface area (Å²) >= 11 is 0. The second-order valence-corrected chi connectivity index (χ2v) is 5.19. The highest BCUT2D eigenvalue weighted by Gasteiger charge is 2.17. The Labute approximate surface area is 104 Å². The van der Waals surface area contributed by atoms with Crippen molar-refractivity contribution < 1.29 is 22.2 Å². The van der Waals surface area contributed by atoms with Crippen LogP contribution in [0.2, 0.25) is 0 Å². The summed E-state index contributed by atoms with van der Waals surface area (Å²) in [4.78, 5) is 13.3. The minimum atomic E-state index is -4.82. The van der Waals surface area contributed by atoms with E-state index in [4.69, 9.17) is 0 Å². The molecule has 6 nitrogen and oxygen atoms in total. The highest BCUT2D eigenvalue weighted by atomic mass is 32.3. The van der Waals surface area contributed by atoms with Gasteiger partial charge in [-0.25, -0.2) is 0 Å². The zero-order valence-electron chi connectivity index (χ0n) is 9.81. The van der Waals surface area contributed by atoms with E-state index in [2.05, 4.69) is 10.3 Å². The Hall–Kier alpha value is -1.41. The molecule has 0 bridgehead atoms. The first kappa shape index (κ1) is 14.7. The average molecular weight is 278 g/mol. The van der Waals surface area contributed by atoms with Gasteiger partial charge in [-0.3, -0.25) is 4.79 Å². The van der Waals surface area contributed by atoms with Gasteiger partial charge in [0.2, 0.25) is 0 Å². The summed E-state index contributed by atoms with van der Waals surface area (Å²) in [5, 5.41) is 11.8. The Bertz CT molecular complexity index is 512. The molecule has 102 valence electrons. The van der Waals surface area contributed by atoms with Crippen molar-refractivity contribution in [3.63, 3.8) is 0 Å². The fourth-order valence-electron chi connectivity index (χ4n) is 1.39. The zero-order valence-corrected chi connectivity index (χ0v) is 10.6. The highest BCUT2D eigenvalue weighted by Crippen LogP contribution is 2.13. The molecule has 1 aromatic rings. The Morgan fingerprint density at radius 1 is 1.61 bits per heavy atom. The minimum absolute atomic E-state index is 0.0589. The lowest BCUT2D eigenvalue weighted by Gasteiger charge is -2.09. The molecule has 0 saturated heterocycles. The van der Waals surface area contributed by atoms with Crippen molar-refractivity contribution in [3.05, 3.63) is 18.0 Å². The molecular weight excluding hydrogens is 263 g/mol. The number of halogens is 1. The number of aliphatic hydroxyl groups excluding tert-OH is 1. The van der Waals surface area contributed by atoms with E-state index in [-0.39, 0.29) is 12.2 Å². The number of rotatable bonds is 6. The van der Waals surface area contributed by atoms with Crippen LogP contribution in [-0.4, -0.2) is 37.1 Å². The SMILES string of the molecule is CCCC(O)CNC(=O)c1cc(S(=O)(=O)F)c[nH]1. The molecule has 1 rings (SSSR count). The van der Waals surface area contributed by atoms with E-state index in [1.165, 1.54) is 0 Å². The van der Waals surface area contributed by atoms with Gasteiger partial charge in [-0.2, -0.15) is 8.42 Å². The lowest BCUT2D eigenvalue weighted by atomic mass is 10.2. The van der Waals surface area contributed by atoms with Crippen LogP contribution in [0.4, 0.5) is 3.89 Å². The first-order chi connectivity index (χ1) is 8.34. The van der Waals surface area contributed by atoms with Crippen LogP contribution < -0.4 is 5.32 Å². The van der Waals surface area contributed by atoms with Gasteiger partial charge >= 0.3 is 10.2 Å². The van der Waals surface area contributed by atoms with Gasteiger partial charge < -0.3 is 15.4 Å². The second kappa shape index (κ2) is 5.96. The van der Waals surface area contributed by atoms with E-state index in [1.807, 2.05) is 6.92 Å². The molecule has 18 heavy (non-hydrogen) atoms. The number of aromatic amines is 1. The molecule has 1 heterocycles. The van der Waals surface area contributed by atoms with Gasteiger partial charge in [0.05, 0.1) is 6.10 Å². The molecular formula is C10H15FN2O4S. The molecule has 8 heteroatoms. The monoisotopic (exact) mass is 278 g/mol. The quantitative estimate of drug-likeness (QED) is 0.662. The molecule has 0 radical (unpaired) electrons. The first-order valence-corrected chi connectivity index (χ1v) is 6.82. The molecule has 0 spiro atoms. The minimum Gasteiger partial charge on any atom is -0.391 e. The maximum atomic E-state index is 12.6. The standard InChI is InChI=1S/C10H15FN2O4S/c1-2-3-7(14)5-13-10(15)9-4-8(6-12-9)18(11,16)17/h4,6-7,12,14H,2-3,5H2,1H3,(H,13,15). The van der Waals surface area contributed by atoms with E-state index in [1.54, 1.807) is 0 Å². The summed E-state index contributed by atoms with van der Waals surface area (Å²) in [6, 6.07) is 0.900. The number of nitrogens with one attached hydrogen (secondary N) is 2. The van der Waals surface area contributed by atoms with E-state index in [9.17, 15) is 22.2 Å². The summed E-state index contributed by atoms with van der Waals surface area (Å²) < 4.78 is 33.7. The van der Waals surface area contributed by atoms with Gasteiger partial charge in [0.15, 0.2) is 0 Å². The van der Waals surface area contributed by atoms with Crippen LogP contribution in [0.3, 0.4) is 0 Å². The maximum absolute atomic E-state index is 12.6. The van der Waals surface area contributed by atoms with E-state index in [0.29, 0.717) is 6.42 Å². The van der Waals surface area contributed by atoms with Gasteiger partial charge in [-0.1, -0.05) is 13.3 Å². The molecule has 0 fully saturated rings. The van der Waals surface area contributed by atoms with Gasteiger partial charge in [0, 0.05) is 12.7 Å². The third-order valence-corrected chi connectivity index (χ3v) is 3.10.